The van der Waals surface area contributed by atoms with Crippen LogP contribution in [0.25, 0.3) is 0 Å². The summed E-state index contributed by atoms with van der Waals surface area (Å²) in [6, 6.07) is 12.5. The van der Waals surface area contributed by atoms with Crippen LogP contribution in [-0.2, 0) is 9.53 Å². The summed E-state index contributed by atoms with van der Waals surface area (Å²) in [4.78, 5) is 48.2. The Balaban J connectivity index is 2.04. The summed E-state index contributed by atoms with van der Waals surface area (Å²) < 4.78 is 4.96. The summed E-state index contributed by atoms with van der Waals surface area (Å²) in [5.74, 6) is -1.90. The van der Waals surface area contributed by atoms with E-state index in [2.05, 4.69) is 10.6 Å². The molecule has 0 radical (unpaired) electrons. The van der Waals surface area contributed by atoms with E-state index in [0.29, 0.717) is 12.1 Å². The summed E-state index contributed by atoms with van der Waals surface area (Å²) in [6.45, 7) is 3.57. The van der Waals surface area contributed by atoms with Gasteiger partial charge in [-0.3, -0.25) is 14.9 Å². The van der Waals surface area contributed by atoms with Gasteiger partial charge in [-0.05, 0) is 19.4 Å². The number of nitrogens with one attached hydrogen (secondary N) is 2. The third kappa shape index (κ3) is 5.77. The van der Waals surface area contributed by atoms with Gasteiger partial charge in [0.25, 0.3) is 5.91 Å². The second kappa shape index (κ2) is 10.0. The third-order valence-corrected chi connectivity index (χ3v) is 3.83. The predicted octanol–water partition coefficient (Wildman–Crippen LogP) is 2.62. The van der Waals surface area contributed by atoms with Crippen LogP contribution in [0.15, 0.2) is 48.5 Å². The van der Waals surface area contributed by atoms with Gasteiger partial charge >= 0.3 is 12.0 Å². The molecule has 0 aliphatic carbocycles. The highest BCUT2D eigenvalue weighted by molar-refractivity contribution is 6.14. The molecule has 28 heavy (non-hydrogen) atoms. The molecule has 2 N–H and O–H groups in total. The molecule has 146 valence electrons. The fraction of sp³-hybridized carbons (Fsp3) is 0.238. The first-order valence-corrected chi connectivity index (χ1v) is 8.87. The highest BCUT2D eigenvalue weighted by atomic mass is 16.5. The maximum absolute atomic E-state index is 12.7. The van der Waals surface area contributed by atoms with Crippen molar-refractivity contribution in [2.24, 2.45) is 0 Å². The molecule has 2 aromatic carbocycles. The van der Waals surface area contributed by atoms with Gasteiger partial charge < -0.3 is 10.1 Å². The van der Waals surface area contributed by atoms with Gasteiger partial charge in [-0.2, -0.15) is 0 Å². The Morgan fingerprint density at radius 3 is 2.21 bits per heavy atom. The van der Waals surface area contributed by atoms with Gasteiger partial charge in [0, 0.05) is 17.7 Å². The molecular weight excluding hydrogens is 360 g/mol. The van der Waals surface area contributed by atoms with E-state index in [1.807, 2.05) is 26.0 Å². The summed E-state index contributed by atoms with van der Waals surface area (Å²) in [5, 5.41) is 4.53. The summed E-state index contributed by atoms with van der Waals surface area (Å²) in [6.07, 6.45) is 0.725. The lowest BCUT2D eigenvalue weighted by molar-refractivity contribution is -0.123. The summed E-state index contributed by atoms with van der Waals surface area (Å²) >= 11 is 0. The maximum atomic E-state index is 12.7. The number of amides is 3. The van der Waals surface area contributed by atoms with Crippen LogP contribution in [0.3, 0.4) is 0 Å². The second-order valence-electron chi connectivity index (χ2n) is 6.12. The van der Waals surface area contributed by atoms with Crippen LogP contribution in [-0.4, -0.2) is 36.8 Å². The van der Waals surface area contributed by atoms with E-state index in [9.17, 15) is 19.2 Å². The average molecular weight is 382 g/mol. The average Bonchev–Trinajstić information content (AvgIpc) is 2.70. The molecule has 0 aliphatic rings. The molecule has 0 spiro atoms. The highest BCUT2D eigenvalue weighted by Crippen LogP contribution is 2.16. The molecule has 0 atom stereocenters. The Morgan fingerprint density at radius 2 is 1.57 bits per heavy atom. The van der Waals surface area contributed by atoms with Gasteiger partial charge in [0.2, 0.25) is 0 Å². The number of urea groups is 1. The number of benzene rings is 2. The van der Waals surface area contributed by atoms with Gasteiger partial charge in [-0.15, -0.1) is 0 Å². The van der Waals surface area contributed by atoms with Gasteiger partial charge in [0.05, 0.1) is 5.56 Å². The molecule has 0 unspecified atom stereocenters. The van der Waals surface area contributed by atoms with E-state index in [-0.39, 0.29) is 16.9 Å². The van der Waals surface area contributed by atoms with Crippen LogP contribution < -0.4 is 10.6 Å². The molecule has 3 amide bonds. The molecule has 7 nitrogen and oxygen atoms in total. The first-order chi connectivity index (χ1) is 13.4. The third-order valence-electron chi connectivity index (χ3n) is 3.83. The number of esters is 1. The summed E-state index contributed by atoms with van der Waals surface area (Å²) in [7, 11) is 0. The number of imide groups is 1. The van der Waals surface area contributed by atoms with E-state index in [1.165, 1.54) is 12.1 Å². The Kier molecular flexibility index (Phi) is 7.45. The molecule has 0 aliphatic heterocycles. The first kappa shape index (κ1) is 20.8. The topological polar surface area (TPSA) is 102 Å². The Hall–Kier alpha value is -3.48. The molecule has 0 heterocycles. The van der Waals surface area contributed by atoms with Crippen LogP contribution in [0, 0.1) is 6.92 Å². The van der Waals surface area contributed by atoms with Crippen molar-refractivity contribution in [3.63, 3.8) is 0 Å². The molecule has 0 saturated carbocycles. The van der Waals surface area contributed by atoms with E-state index in [4.69, 9.17) is 4.74 Å². The SMILES string of the molecule is CCCNC(=O)NC(=O)COC(=O)c1ccccc1C(=O)c1ccc(C)cc1. The zero-order valence-corrected chi connectivity index (χ0v) is 15.8. The van der Waals surface area contributed by atoms with Crippen molar-refractivity contribution in [1.82, 2.24) is 10.6 Å². The lowest BCUT2D eigenvalue weighted by Gasteiger charge is -2.10. The van der Waals surface area contributed by atoms with E-state index in [1.54, 1.807) is 24.3 Å². The standard InChI is InChI=1S/C21H22N2O5/c1-3-12-22-21(27)23-18(24)13-28-20(26)17-7-5-4-6-16(17)19(25)15-10-8-14(2)9-11-15/h4-11H,3,12-13H2,1-2H3,(H2,22,23,24,27). The zero-order chi connectivity index (χ0) is 20.5. The zero-order valence-electron chi connectivity index (χ0n) is 15.8. The number of carbonyl (C=O) groups is 4. The largest absolute Gasteiger partial charge is 0.452 e. The predicted molar refractivity (Wildman–Crippen MR) is 103 cm³/mol. The monoisotopic (exact) mass is 382 g/mol. The van der Waals surface area contributed by atoms with Crippen molar-refractivity contribution in [3.8, 4) is 0 Å². The van der Waals surface area contributed by atoms with Crippen molar-refractivity contribution in [2.75, 3.05) is 13.2 Å². The van der Waals surface area contributed by atoms with Crippen LogP contribution >= 0.6 is 0 Å². The number of carbonyl (C=O) groups excluding carboxylic acids is 4. The van der Waals surface area contributed by atoms with Gasteiger partial charge in [-0.1, -0.05) is 55.0 Å². The molecule has 2 rings (SSSR count). The summed E-state index contributed by atoms with van der Waals surface area (Å²) in [5.41, 5.74) is 1.68. The molecule has 0 aromatic heterocycles. The fourth-order valence-electron chi connectivity index (χ4n) is 2.37. The Bertz CT molecular complexity index is 875. The molecule has 2 aromatic rings. The lowest BCUT2D eigenvalue weighted by Crippen LogP contribution is -2.41. The van der Waals surface area contributed by atoms with E-state index < -0.39 is 24.5 Å². The first-order valence-electron chi connectivity index (χ1n) is 8.87. The number of aryl methyl sites for hydroxylation is 1. The minimum atomic E-state index is -0.819. The van der Waals surface area contributed by atoms with Crippen molar-refractivity contribution in [2.45, 2.75) is 20.3 Å². The van der Waals surface area contributed by atoms with E-state index >= 15 is 0 Å². The smallest absolute Gasteiger partial charge is 0.339 e. The highest BCUT2D eigenvalue weighted by Gasteiger charge is 2.20. The minimum absolute atomic E-state index is 0.0521. The van der Waals surface area contributed by atoms with Crippen molar-refractivity contribution >= 4 is 23.7 Å². The fourth-order valence-corrected chi connectivity index (χ4v) is 2.37. The van der Waals surface area contributed by atoms with Gasteiger partial charge in [0.15, 0.2) is 12.4 Å². The molecule has 0 bridgehead atoms. The molecule has 0 saturated heterocycles. The van der Waals surface area contributed by atoms with Crippen LogP contribution in [0.1, 0.15) is 45.2 Å². The van der Waals surface area contributed by atoms with E-state index in [0.717, 1.165) is 12.0 Å². The number of ketones is 1. The Labute approximate surface area is 163 Å². The normalized spacial score (nSPS) is 10.1. The quantitative estimate of drug-likeness (QED) is 0.566. The lowest BCUT2D eigenvalue weighted by atomic mass is 9.98. The number of ether oxygens (including phenoxy) is 1. The van der Waals surface area contributed by atoms with Crippen molar-refractivity contribution < 1.29 is 23.9 Å². The maximum Gasteiger partial charge on any atom is 0.339 e. The molecule has 0 fully saturated rings. The van der Waals surface area contributed by atoms with Gasteiger partial charge in [0.1, 0.15) is 0 Å². The van der Waals surface area contributed by atoms with Gasteiger partial charge in [-0.25, -0.2) is 9.59 Å². The molecular formula is C21H22N2O5. The van der Waals surface area contributed by atoms with Crippen molar-refractivity contribution in [1.29, 1.82) is 0 Å². The van der Waals surface area contributed by atoms with Crippen LogP contribution in [0.5, 0.6) is 0 Å². The van der Waals surface area contributed by atoms with Crippen LogP contribution in [0.2, 0.25) is 0 Å². The Morgan fingerprint density at radius 1 is 0.929 bits per heavy atom. The van der Waals surface area contributed by atoms with Crippen molar-refractivity contribution in [3.05, 3.63) is 70.8 Å². The number of rotatable bonds is 7. The number of hydrogen-bond acceptors (Lipinski definition) is 5. The molecule has 7 heteroatoms. The second-order valence-corrected chi connectivity index (χ2v) is 6.12. The number of hydrogen-bond donors (Lipinski definition) is 2. The van der Waals surface area contributed by atoms with Crippen LogP contribution in [0.4, 0.5) is 4.79 Å². The minimum Gasteiger partial charge on any atom is -0.452 e.